The summed E-state index contributed by atoms with van der Waals surface area (Å²) in [5, 5.41) is 7.74. The van der Waals surface area contributed by atoms with Gasteiger partial charge in [-0.2, -0.15) is 18.3 Å². The van der Waals surface area contributed by atoms with Crippen LogP contribution in [0.15, 0.2) is 53.1 Å². The van der Waals surface area contributed by atoms with Crippen LogP contribution in [0.5, 0.6) is 0 Å². The molecule has 1 N–H and O–H groups in total. The highest BCUT2D eigenvalue weighted by Crippen LogP contribution is 2.43. The van der Waals surface area contributed by atoms with E-state index in [1.54, 1.807) is 17.0 Å². The van der Waals surface area contributed by atoms with Crippen molar-refractivity contribution in [3.05, 3.63) is 65.2 Å². The van der Waals surface area contributed by atoms with Gasteiger partial charge in [-0.05, 0) is 36.4 Å². The van der Waals surface area contributed by atoms with Gasteiger partial charge in [-0.15, -0.1) is 0 Å². The fraction of sp³-hybridized carbons (Fsp3) is 0.364. The van der Waals surface area contributed by atoms with Crippen LogP contribution in [-0.4, -0.2) is 52.9 Å². The molecule has 3 aromatic rings. The Balaban J connectivity index is 1.33. The fourth-order valence-corrected chi connectivity index (χ4v) is 4.46. The maximum atomic E-state index is 13.8. The zero-order chi connectivity index (χ0) is 23.2. The Hall–Kier alpha value is -3.14. The quantitative estimate of drug-likeness (QED) is 0.587. The van der Waals surface area contributed by atoms with Gasteiger partial charge in [0.2, 0.25) is 0 Å². The molecule has 2 aromatic heterocycles. The standard InChI is InChI=1S/C22H21ClF3N5O2/c23-14-3-5-15(6-4-14)29-7-9-30(10-8-29)21(32)17-13-20-27-16(18-2-1-11-33-18)12-19(22(24,25)26)31(20)28-17/h1-6,11,13,16,19,27H,7-10,12H2/t16-,19-/m0/s1. The Morgan fingerprint density at radius 2 is 1.85 bits per heavy atom. The number of hydrogen-bond donors (Lipinski definition) is 1. The summed E-state index contributed by atoms with van der Waals surface area (Å²) in [6.45, 7) is 2.08. The zero-order valence-corrected chi connectivity index (χ0v) is 18.2. The van der Waals surface area contributed by atoms with Gasteiger partial charge in [0.15, 0.2) is 11.7 Å². The van der Waals surface area contributed by atoms with Crippen LogP contribution < -0.4 is 10.2 Å². The van der Waals surface area contributed by atoms with Crippen LogP contribution in [0, 0.1) is 0 Å². The van der Waals surface area contributed by atoms with Crippen LogP contribution in [0.4, 0.5) is 24.7 Å². The number of nitrogens with zero attached hydrogens (tertiary/aromatic N) is 4. The number of hydrogen-bond acceptors (Lipinski definition) is 5. The number of rotatable bonds is 3. The predicted octanol–water partition coefficient (Wildman–Crippen LogP) is 4.75. The van der Waals surface area contributed by atoms with Crippen LogP contribution in [-0.2, 0) is 0 Å². The number of fused-ring (bicyclic) bond motifs is 1. The van der Waals surface area contributed by atoms with E-state index in [4.69, 9.17) is 16.0 Å². The molecular formula is C22H21ClF3N5O2. The lowest BCUT2D eigenvalue weighted by Gasteiger charge is -2.35. The Morgan fingerprint density at radius 3 is 2.48 bits per heavy atom. The number of carbonyl (C=O) groups excluding carboxylic acids is 1. The van der Waals surface area contributed by atoms with Crippen molar-refractivity contribution in [3.63, 3.8) is 0 Å². The highest BCUT2D eigenvalue weighted by molar-refractivity contribution is 6.30. The molecule has 5 rings (SSSR count). The van der Waals surface area contributed by atoms with E-state index < -0.39 is 18.3 Å². The number of amides is 1. The van der Waals surface area contributed by atoms with Crippen molar-refractivity contribution in [1.82, 2.24) is 14.7 Å². The van der Waals surface area contributed by atoms with Crippen molar-refractivity contribution in [1.29, 1.82) is 0 Å². The van der Waals surface area contributed by atoms with E-state index in [0.29, 0.717) is 37.0 Å². The minimum absolute atomic E-state index is 0.00760. The number of piperazine rings is 1. The Bertz CT molecular complexity index is 1120. The minimum Gasteiger partial charge on any atom is -0.467 e. The molecule has 0 saturated carbocycles. The largest absolute Gasteiger partial charge is 0.467 e. The number of halogens is 4. The van der Waals surface area contributed by atoms with E-state index in [1.807, 2.05) is 24.3 Å². The van der Waals surface area contributed by atoms with Crippen molar-refractivity contribution in [2.45, 2.75) is 24.7 Å². The van der Waals surface area contributed by atoms with Crippen molar-refractivity contribution in [3.8, 4) is 0 Å². The molecule has 4 heterocycles. The van der Waals surface area contributed by atoms with Crippen LogP contribution in [0.2, 0.25) is 5.02 Å². The van der Waals surface area contributed by atoms with E-state index >= 15 is 0 Å². The first-order valence-corrected chi connectivity index (χ1v) is 10.9. The topological polar surface area (TPSA) is 66.5 Å². The van der Waals surface area contributed by atoms with Gasteiger partial charge in [0, 0.05) is 49.4 Å². The SMILES string of the molecule is O=C(c1cc2n(n1)[C@H](C(F)(F)F)C[C@@H](c1ccco1)N2)N1CCN(c2ccc(Cl)cc2)CC1. The first-order valence-electron chi connectivity index (χ1n) is 10.6. The summed E-state index contributed by atoms with van der Waals surface area (Å²) < 4.78 is 47.6. The van der Waals surface area contributed by atoms with Crippen LogP contribution in [0.3, 0.4) is 0 Å². The minimum atomic E-state index is -4.52. The number of nitrogens with one attached hydrogen (secondary N) is 1. The van der Waals surface area contributed by atoms with Crippen LogP contribution in [0.1, 0.15) is 34.8 Å². The maximum Gasteiger partial charge on any atom is 0.410 e. The Morgan fingerprint density at radius 1 is 1.12 bits per heavy atom. The van der Waals surface area contributed by atoms with Crippen molar-refractivity contribution < 1.29 is 22.4 Å². The molecule has 2 aliphatic heterocycles. The highest BCUT2D eigenvalue weighted by Gasteiger charge is 2.47. The van der Waals surface area contributed by atoms with Crippen LogP contribution >= 0.6 is 11.6 Å². The molecule has 0 aliphatic carbocycles. The molecule has 0 spiro atoms. The third-order valence-corrected chi connectivity index (χ3v) is 6.31. The van der Waals surface area contributed by atoms with Gasteiger partial charge in [0.1, 0.15) is 11.6 Å². The van der Waals surface area contributed by atoms with Gasteiger partial charge in [-0.25, -0.2) is 4.68 Å². The van der Waals surface area contributed by atoms with Crippen molar-refractivity contribution >= 4 is 29.0 Å². The van der Waals surface area contributed by atoms with E-state index in [-0.39, 0.29) is 23.8 Å². The number of benzene rings is 1. The van der Waals surface area contributed by atoms with E-state index in [1.165, 1.54) is 12.3 Å². The molecule has 174 valence electrons. The lowest BCUT2D eigenvalue weighted by Crippen LogP contribution is -2.49. The average Bonchev–Trinajstić information content (AvgIpc) is 3.48. The normalized spacial score (nSPS) is 21.0. The molecule has 0 unspecified atom stereocenters. The first-order chi connectivity index (χ1) is 15.8. The summed E-state index contributed by atoms with van der Waals surface area (Å²) in [6.07, 6.45) is -3.37. The molecule has 7 nitrogen and oxygen atoms in total. The summed E-state index contributed by atoms with van der Waals surface area (Å²) >= 11 is 5.94. The van der Waals surface area contributed by atoms with Crippen molar-refractivity contribution in [2.24, 2.45) is 0 Å². The average molecular weight is 480 g/mol. The third-order valence-electron chi connectivity index (χ3n) is 6.05. The smallest absolute Gasteiger partial charge is 0.410 e. The van der Waals surface area contributed by atoms with E-state index in [0.717, 1.165) is 10.4 Å². The summed E-state index contributed by atoms with van der Waals surface area (Å²) in [5.41, 5.74) is 0.997. The zero-order valence-electron chi connectivity index (χ0n) is 17.4. The number of alkyl halides is 3. The molecule has 1 saturated heterocycles. The van der Waals surface area contributed by atoms with Gasteiger partial charge in [0.25, 0.3) is 5.91 Å². The van der Waals surface area contributed by atoms with Gasteiger partial charge >= 0.3 is 6.18 Å². The Labute approximate surface area is 192 Å². The lowest BCUT2D eigenvalue weighted by atomic mass is 10.0. The summed E-state index contributed by atoms with van der Waals surface area (Å²) in [5.74, 6) is 0.168. The molecule has 2 atom stereocenters. The second-order valence-corrected chi connectivity index (χ2v) is 8.56. The first kappa shape index (κ1) is 21.7. The molecule has 2 aliphatic rings. The molecule has 11 heteroatoms. The third kappa shape index (κ3) is 4.27. The number of furan rings is 1. The number of anilines is 2. The maximum absolute atomic E-state index is 13.8. The molecule has 1 fully saturated rings. The molecule has 0 bridgehead atoms. The molecule has 1 aromatic carbocycles. The van der Waals surface area contributed by atoms with Gasteiger partial charge in [-0.1, -0.05) is 11.6 Å². The number of aromatic nitrogens is 2. The summed E-state index contributed by atoms with van der Waals surface area (Å²) in [6, 6.07) is 9.58. The van der Waals surface area contributed by atoms with Gasteiger partial charge in [-0.3, -0.25) is 4.79 Å². The summed E-state index contributed by atoms with van der Waals surface area (Å²) in [4.78, 5) is 16.8. The number of carbonyl (C=O) groups is 1. The summed E-state index contributed by atoms with van der Waals surface area (Å²) in [7, 11) is 0. The molecule has 1 amide bonds. The van der Waals surface area contributed by atoms with E-state index in [2.05, 4.69) is 15.3 Å². The Kier molecular flexibility index (Phi) is 5.48. The molecular weight excluding hydrogens is 459 g/mol. The highest BCUT2D eigenvalue weighted by atomic mass is 35.5. The molecule has 0 radical (unpaired) electrons. The second kappa shape index (κ2) is 8.33. The second-order valence-electron chi connectivity index (χ2n) is 8.12. The monoisotopic (exact) mass is 479 g/mol. The lowest BCUT2D eigenvalue weighted by molar-refractivity contribution is -0.174. The van der Waals surface area contributed by atoms with Crippen LogP contribution in [0.25, 0.3) is 0 Å². The predicted molar refractivity (Wildman–Crippen MR) is 117 cm³/mol. The van der Waals surface area contributed by atoms with Crippen molar-refractivity contribution in [2.75, 3.05) is 36.4 Å². The fourth-order valence-electron chi connectivity index (χ4n) is 4.34. The van der Waals surface area contributed by atoms with E-state index in [9.17, 15) is 18.0 Å². The van der Waals surface area contributed by atoms with Gasteiger partial charge in [0.05, 0.1) is 12.3 Å². The molecule has 33 heavy (non-hydrogen) atoms. The van der Waals surface area contributed by atoms with Gasteiger partial charge < -0.3 is 19.5 Å².